The van der Waals surface area contributed by atoms with Gasteiger partial charge in [0.05, 0.1) is 0 Å². The van der Waals surface area contributed by atoms with Crippen molar-refractivity contribution in [3.8, 4) is 0 Å². The molecule has 1 saturated heterocycles. The summed E-state index contributed by atoms with van der Waals surface area (Å²) in [5.41, 5.74) is 0. The maximum absolute atomic E-state index is 10.7. The molecule has 1 aliphatic rings. The van der Waals surface area contributed by atoms with Crippen LogP contribution in [0.25, 0.3) is 0 Å². The zero-order valence-electron chi connectivity index (χ0n) is 10.6. The van der Waals surface area contributed by atoms with E-state index < -0.39 is 5.97 Å². The molecule has 0 aromatic carbocycles. The normalized spacial score (nSPS) is 23.5. The lowest BCUT2D eigenvalue weighted by atomic mass is 10.0. The first-order valence-electron chi connectivity index (χ1n) is 6.63. The summed E-state index contributed by atoms with van der Waals surface area (Å²) >= 11 is 0. The van der Waals surface area contributed by atoms with Gasteiger partial charge in [0.2, 0.25) is 0 Å². The van der Waals surface area contributed by atoms with Crippen molar-refractivity contribution in [3.63, 3.8) is 0 Å². The Morgan fingerprint density at radius 3 is 2.81 bits per heavy atom. The van der Waals surface area contributed by atoms with Crippen molar-refractivity contribution < 1.29 is 9.90 Å². The van der Waals surface area contributed by atoms with E-state index in [-0.39, 0.29) is 0 Å². The summed E-state index contributed by atoms with van der Waals surface area (Å²) in [6, 6.07) is 0.679. The van der Waals surface area contributed by atoms with Crippen molar-refractivity contribution in [2.45, 2.75) is 58.4 Å². The average molecular weight is 227 g/mol. The standard InChI is InChI=1S/C13H25NO2/c1-3-5-6-12(4-2)14-8-7-11(10-14)9-13(15)16/h11-12H,3-10H2,1-2H3,(H,15,16). The SMILES string of the molecule is CCCCC(CC)N1CCC(CC(=O)O)C1. The number of hydrogen-bond donors (Lipinski definition) is 1. The van der Waals surface area contributed by atoms with E-state index >= 15 is 0 Å². The Kier molecular flexibility index (Phi) is 5.81. The number of hydrogen-bond acceptors (Lipinski definition) is 2. The molecule has 2 atom stereocenters. The molecule has 0 aromatic heterocycles. The van der Waals surface area contributed by atoms with Crippen molar-refractivity contribution in [3.05, 3.63) is 0 Å². The Balaban J connectivity index is 2.34. The average Bonchev–Trinajstić information content (AvgIpc) is 2.67. The molecule has 3 nitrogen and oxygen atoms in total. The van der Waals surface area contributed by atoms with Gasteiger partial charge in [-0.1, -0.05) is 26.7 Å². The second-order valence-corrected chi connectivity index (χ2v) is 4.95. The quantitative estimate of drug-likeness (QED) is 0.727. The predicted molar refractivity (Wildman–Crippen MR) is 65.5 cm³/mol. The van der Waals surface area contributed by atoms with Gasteiger partial charge in [-0.25, -0.2) is 0 Å². The highest BCUT2D eigenvalue weighted by Crippen LogP contribution is 2.24. The molecule has 3 heteroatoms. The van der Waals surface area contributed by atoms with E-state index in [1.807, 2.05) is 0 Å². The van der Waals surface area contributed by atoms with Crippen molar-refractivity contribution >= 4 is 5.97 Å². The minimum Gasteiger partial charge on any atom is -0.481 e. The van der Waals surface area contributed by atoms with Crippen LogP contribution in [0.2, 0.25) is 0 Å². The Bertz CT molecular complexity index is 218. The Morgan fingerprint density at radius 1 is 1.50 bits per heavy atom. The summed E-state index contributed by atoms with van der Waals surface area (Å²) < 4.78 is 0. The first kappa shape index (κ1) is 13.5. The molecule has 1 N–H and O–H groups in total. The van der Waals surface area contributed by atoms with Crippen LogP contribution < -0.4 is 0 Å². The molecular weight excluding hydrogens is 202 g/mol. The van der Waals surface area contributed by atoms with Gasteiger partial charge >= 0.3 is 5.97 Å². The molecule has 2 unspecified atom stereocenters. The third kappa shape index (κ3) is 4.12. The molecule has 0 aromatic rings. The fourth-order valence-electron chi connectivity index (χ4n) is 2.69. The zero-order chi connectivity index (χ0) is 12.0. The topological polar surface area (TPSA) is 40.5 Å². The highest BCUT2D eigenvalue weighted by Gasteiger charge is 2.28. The van der Waals surface area contributed by atoms with Crippen LogP contribution in [0.4, 0.5) is 0 Å². The number of rotatable bonds is 7. The van der Waals surface area contributed by atoms with Gasteiger partial charge in [-0.05, 0) is 31.7 Å². The van der Waals surface area contributed by atoms with Gasteiger partial charge in [-0.15, -0.1) is 0 Å². The number of likely N-dealkylation sites (tertiary alicyclic amines) is 1. The highest BCUT2D eigenvalue weighted by atomic mass is 16.4. The molecule has 1 aliphatic heterocycles. The van der Waals surface area contributed by atoms with Gasteiger partial charge in [0, 0.05) is 19.0 Å². The van der Waals surface area contributed by atoms with Gasteiger partial charge in [0.25, 0.3) is 0 Å². The van der Waals surface area contributed by atoms with Crippen molar-refractivity contribution in [1.82, 2.24) is 4.90 Å². The molecule has 16 heavy (non-hydrogen) atoms. The zero-order valence-corrected chi connectivity index (χ0v) is 10.6. The van der Waals surface area contributed by atoms with E-state index in [9.17, 15) is 4.79 Å². The van der Waals surface area contributed by atoms with Gasteiger partial charge in [-0.3, -0.25) is 4.79 Å². The van der Waals surface area contributed by atoms with Crippen molar-refractivity contribution in [2.24, 2.45) is 5.92 Å². The summed E-state index contributed by atoms with van der Waals surface area (Å²) in [7, 11) is 0. The molecule has 1 rings (SSSR count). The molecule has 1 heterocycles. The largest absolute Gasteiger partial charge is 0.481 e. The lowest BCUT2D eigenvalue weighted by Crippen LogP contribution is -2.33. The molecule has 0 saturated carbocycles. The van der Waals surface area contributed by atoms with E-state index in [2.05, 4.69) is 18.7 Å². The summed E-state index contributed by atoms with van der Waals surface area (Å²) in [5, 5.41) is 8.78. The Morgan fingerprint density at radius 2 is 2.25 bits per heavy atom. The number of carbonyl (C=O) groups is 1. The van der Waals surface area contributed by atoms with Crippen LogP contribution in [0.3, 0.4) is 0 Å². The van der Waals surface area contributed by atoms with Crippen LogP contribution in [-0.2, 0) is 4.79 Å². The molecule has 1 fully saturated rings. The van der Waals surface area contributed by atoms with Crippen LogP contribution in [0.1, 0.15) is 52.4 Å². The lowest BCUT2D eigenvalue weighted by Gasteiger charge is -2.26. The van der Waals surface area contributed by atoms with E-state index in [1.54, 1.807) is 0 Å². The summed E-state index contributed by atoms with van der Waals surface area (Å²) in [6.07, 6.45) is 6.42. The number of carboxylic acid groups (broad SMARTS) is 1. The maximum atomic E-state index is 10.7. The maximum Gasteiger partial charge on any atom is 0.303 e. The molecular formula is C13H25NO2. The molecule has 0 bridgehead atoms. The number of unbranched alkanes of at least 4 members (excludes halogenated alkanes) is 1. The Hall–Kier alpha value is -0.570. The number of aliphatic carboxylic acids is 1. The minimum atomic E-state index is -0.645. The first-order chi connectivity index (χ1) is 7.67. The summed E-state index contributed by atoms with van der Waals surface area (Å²) in [5.74, 6) is -0.262. The molecule has 0 radical (unpaired) electrons. The van der Waals surface area contributed by atoms with E-state index in [4.69, 9.17) is 5.11 Å². The number of nitrogens with zero attached hydrogens (tertiary/aromatic N) is 1. The van der Waals surface area contributed by atoms with E-state index in [0.29, 0.717) is 18.4 Å². The third-order valence-electron chi connectivity index (χ3n) is 3.66. The van der Waals surface area contributed by atoms with Gasteiger partial charge in [0.15, 0.2) is 0 Å². The third-order valence-corrected chi connectivity index (χ3v) is 3.66. The predicted octanol–water partition coefficient (Wildman–Crippen LogP) is 2.75. The molecule has 94 valence electrons. The monoisotopic (exact) mass is 227 g/mol. The second-order valence-electron chi connectivity index (χ2n) is 4.95. The molecule has 0 aliphatic carbocycles. The summed E-state index contributed by atoms with van der Waals surface area (Å²) in [6.45, 7) is 6.56. The van der Waals surface area contributed by atoms with E-state index in [1.165, 1.54) is 25.7 Å². The van der Waals surface area contributed by atoms with Gasteiger partial charge in [0.1, 0.15) is 0 Å². The molecule has 0 amide bonds. The van der Waals surface area contributed by atoms with Crippen LogP contribution in [0.15, 0.2) is 0 Å². The fraction of sp³-hybridized carbons (Fsp3) is 0.923. The number of carboxylic acids is 1. The Labute approximate surface area is 98.8 Å². The van der Waals surface area contributed by atoms with Crippen LogP contribution in [0, 0.1) is 5.92 Å². The van der Waals surface area contributed by atoms with E-state index in [0.717, 1.165) is 19.5 Å². The van der Waals surface area contributed by atoms with Crippen LogP contribution in [0.5, 0.6) is 0 Å². The first-order valence-corrected chi connectivity index (χ1v) is 6.63. The second kappa shape index (κ2) is 6.89. The summed E-state index contributed by atoms with van der Waals surface area (Å²) in [4.78, 5) is 13.2. The molecule has 0 spiro atoms. The minimum absolute atomic E-state index is 0.348. The smallest absolute Gasteiger partial charge is 0.303 e. The van der Waals surface area contributed by atoms with Crippen molar-refractivity contribution in [1.29, 1.82) is 0 Å². The van der Waals surface area contributed by atoms with Crippen LogP contribution >= 0.6 is 0 Å². The van der Waals surface area contributed by atoms with Gasteiger partial charge in [-0.2, -0.15) is 0 Å². The van der Waals surface area contributed by atoms with Crippen molar-refractivity contribution in [2.75, 3.05) is 13.1 Å². The lowest BCUT2D eigenvalue weighted by molar-refractivity contribution is -0.138. The fourth-order valence-corrected chi connectivity index (χ4v) is 2.69. The highest BCUT2D eigenvalue weighted by molar-refractivity contribution is 5.67. The van der Waals surface area contributed by atoms with Crippen LogP contribution in [-0.4, -0.2) is 35.1 Å². The van der Waals surface area contributed by atoms with Gasteiger partial charge < -0.3 is 10.0 Å².